The van der Waals surface area contributed by atoms with Gasteiger partial charge in [-0.05, 0) is 154 Å². The van der Waals surface area contributed by atoms with Gasteiger partial charge in [0.25, 0.3) is 0 Å². The molecule has 1 heteroatoms. The van der Waals surface area contributed by atoms with Crippen molar-refractivity contribution in [2.75, 3.05) is 4.90 Å². The van der Waals surface area contributed by atoms with Gasteiger partial charge in [0.2, 0.25) is 0 Å². The highest BCUT2D eigenvalue weighted by atomic mass is 15.1. The summed E-state index contributed by atoms with van der Waals surface area (Å²) in [6.07, 6.45) is 0. The summed E-state index contributed by atoms with van der Waals surface area (Å²) in [6, 6.07) is 79.8. The molecular weight excluding hydrogens is 735 g/mol. The van der Waals surface area contributed by atoms with Crippen molar-refractivity contribution < 1.29 is 0 Å². The molecule has 0 heterocycles. The van der Waals surface area contributed by atoms with E-state index >= 15 is 0 Å². The normalized spacial score (nSPS) is 14.3. The van der Waals surface area contributed by atoms with Crippen LogP contribution in [0, 0.1) is 0 Å². The van der Waals surface area contributed by atoms with E-state index in [0.717, 1.165) is 17.1 Å². The van der Waals surface area contributed by atoms with Crippen molar-refractivity contribution in [2.45, 2.75) is 24.7 Å². The van der Waals surface area contributed by atoms with Crippen LogP contribution in [0.2, 0.25) is 0 Å². The summed E-state index contributed by atoms with van der Waals surface area (Å²) in [7, 11) is 0. The van der Waals surface area contributed by atoms with Crippen LogP contribution >= 0.6 is 0 Å². The molecule has 1 spiro atoms. The molecule has 10 aromatic rings. The van der Waals surface area contributed by atoms with E-state index in [4.69, 9.17) is 0 Å². The fraction of sp³-hybridized carbons (Fsp3) is 0.0667. The van der Waals surface area contributed by atoms with Crippen LogP contribution < -0.4 is 4.90 Å². The van der Waals surface area contributed by atoms with Crippen LogP contribution in [-0.2, 0) is 10.8 Å². The summed E-state index contributed by atoms with van der Waals surface area (Å²) in [6.45, 7) is 4.76. The van der Waals surface area contributed by atoms with Crippen LogP contribution in [0.5, 0.6) is 0 Å². The van der Waals surface area contributed by atoms with Gasteiger partial charge in [-0.3, -0.25) is 0 Å². The first-order chi connectivity index (χ1) is 30.0. The average Bonchev–Trinajstić information content (AvgIpc) is 3.86. The Balaban J connectivity index is 0.964. The Kier molecular flexibility index (Phi) is 7.06. The molecule has 0 fully saturated rings. The average molecular weight is 776 g/mol. The van der Waals surface area contributed by atoms with E-state index in [9.17, 15) is 0 Å². The Hall–Kier alpha value is -7.48. The molecule has 0 bridgehead atoms. The first-order valence-corrected chi connectivity index (χ1v) is 21.5. The van der Waals surface area contributed by atoms with E-state index in [1.807, 2.05) is 0 Å². The van der Waals surface area contributed by atoms with Gasteiger partial charge in [0.1, 0.15) is 0 Å². The lowest BCUT2D eigenvalue weighted by atomic mass is 9.70. The van der Waals surface area contributed by atoms with Crippen LogP contribution in [0.3, 0.4) is 0 Å². The number of hydrogen-bond acceptors (Lipinski definition) is 1. The molecule has 0 aliphatic heterocycles. The van der Waals surface area contributed by atoms with Gasteiger partial charge in [-0.15, -0.1) is 0 Å². The summed E-state index contributed by atoms with van der Waals surface area (Å²) >= 11 is 0. The SMILES string of the molecule is CC1(C)c2cc(-c3ccc(N(c4ccc5c(c4)C4(c6ccccc6-c6ccccc64)c4ccccc4-5)c4ccc5ccccc5c4)cc3)ccc2-c2cc3ccccc3cc21. The molecule has 0 saturated heterocycles. The van der Waals surface area contributed by atoms with Gasteiger partial charge in [-0.25, -0.2) is 0 Å². The Bertz CT molecular complexity index is 3390. The van der Waals surface area contributed by atoms with Gasteiger partial charge in [-0.1, -0.05) is 172 Å². The van der Waals surface area contributed by atoms with Crippen LogP contribution in [0.25, 0.3) is 66.1 Å². The predicted molar refractivity (Wildman–Crippen MR) is 255 cm³/mol. The van der Waals surface area contributed by atoms with Crippen molar-refractivity contribution in [2.24, 2.45) is 0 Å². The lowest BCUT2D eigenvalue weighted by Crippen LogP contribution is -2.26. The maximum absolute atomic E-state index is 2.49. The second-order valence-corrected chi connectivity index (χ2v) is 17.7. The third-order valence-electron chi connectivity index (χ3n) is 14.2. The fourth-order valence-corrected chi connectivity index (χ4v) is 11.4. The molecule has 13 rings (SSSR count). The van der Waals surface area contributed by atoms with Crippen molar-refractivity contribution in [3.05, 3.63) is 246 Å². The molecule has 61 heavy (non-hydrogen) atoms. The summed E-state index contributed by atoms with van der Waals surface area (Å²) in [5.74, 6) is 0. The second kappa shape index (κ2) is 12.5. The molecule has 1 nitrogen and oxygen atoms in total. The minimum Gasteiger partial charge on any atom is -0.310 e. The molecule has 0 atom stereocenters. The number of fused-ring (bicyclic) bond motifs is 15. The Morgan fingerprint density at radius 3 is 1.38 bits per heavy atom. The van der Waals surface area contributed by atoms with Crippen LogP contribution in [0.15, 0.2) is 212 Å². The Morgan fingerprint density at radius 2 is 0.721 bits per heavy atom. The predicted octanol–water partition coefficient (Wildman–Crippen LogP) is 15.8. The summed E-state index contributed by atoms with van der Waals surface area (Å²) in [5.41, 5.74) is 21.5. The quantitative estimate of drug-likeness (QED) is 0.172. The number of nitrogens with zero attached hydrogens (tertiary/aromatic N) is 1. The van der Waals surface area contributed by atoms with Crippen LogP contribution in [0.4, 0.5) is 17.1 Å². The molecule has 10 aromatic carbocycles. The van der Waals surface area contributed by atoms with Crippen LogP contribution in [-0.4, -0.2) is 0 Å². The third kappa shape index (κ3) is 4.72. The van der Waals surface area contributed by atoms with Gasteiger partial charge in [-0.2, -0.15) is 0 Å². The van der Waals surface area contributed by atoms with Crippen molar-refractivity contribution >= 4 is 38.6 Å². The van der Waals surface area contributed by atoms with E-state index in [1.54, 1.807) is 0 Å². The molecule has 0 amide bonds. The zero-order valence-electron chi connectivity index (χ0n) is 34.2. The summed E-state index contributed by atoms with van der Waals surface area (Å²) < 4.78 is 0. The lowest BCUT2D eigenvalue weighted by Gasteiger charge is -2.32. The number of benzene rings is 10. The van der Waals surface area contributed by atoms with Crippen molar-refractivity contribution in [3.8, 4) is 44.5 Å². The first kappa shape index (κ1) is 34.4. The third-order valence-corrected chi connectivity index (χ3v) is 14.2. The van der Waals surface area contributed by atoms with Gasteiger partial charge < -0.3 is 4.90 Å². The monoisotopic (exact) mass is 775 g/mol. The van der Waals surface area contributed by atoms with Gasteiger partial charge in [0, 0.05) is 22.5 Å². The second-order valence-electron chi connectivity index (χ2n) is 17.7. The zero-order valence-corrected chi connectivity index (χ0v) is 34.2. The molecule has 286 valence electrons. The fourth-order valence-electron chi connectivity index (χ4n) is 11.4. The largest absolute Gasteiger partial charge is 0.310 e. The summed E-state index contributed by atoms with van der Waals surface area (Å²) in [4.78, 5) is 2.45. The molecule has 3 aliphatic carbocycles. The van der Waals surface area contributed by atoms with E-state index in [-0.39, 0.29) is 5.41 Å². The smallest absolute Gasteiger partial charge is 0.0726 e. The van der Waals surface area contributed by atoms with Gasteiger partial charge in [0.05, 0.1) is 5.41 Å². The molecule has 0 saturated carbocycles. The maximum atomic E-state index is 2.49. The highest BCUT2D eigenvalue weighted by Crippen LogP contribution is 2.63. The van der Waals surface area contributed by atoms with Crippen molar-refractivity contribution in [3.63, 3.8) is 0 Å². The van der Waals surface area contributed by atoms with Gasteiger partial charge in [0.15, 0.2) is 0 Å². The first-order valence-electron chi connectivity index (χ1n) is 21.5. The molecular formula is C60H41N. The van der Waals surface area contributed by atoms with Crippen LogP contribution in [0.1, 0.15) is 47.2 Å². The molecule has 0 radical (unpaired) electrons. The van der Waals surface area contributed by atoms with Crippen molar-refractivity contribution in [1.82, 2.24) is 0 Å². The van der Waals surface area contributed by atoms with Gasteiger partial charge >= 0.3 is 0 Å². The molecule has 3 aliphatic rings. The lowest BCUT2D eigenvalue weighted by molar-refractivity contribution is 0.661. The highest BCUT2D eigenvalue weighted by molar-refractivity contribution is 5.98. The number of anilines is 3. The minimum absolute atomic E-state index is 0.0948. The molecule has 0 N–H and O–H groups in total. The number of rotatable bonds is 4. The summed E-state index contributed by atoms with van der Waals surface area (Å²) in [5, 5.41) is 5.05. The topological polar surface area (TPSA) is 3.24 Å². The Morgan fingerprint density at radius 1 is 0.279 bits per heavy atom. The maximum Gasteiger partial charge on any atom is 0.0726 e. The van der Waals surface area contributed by atoms with Crippen molar-refractivity contribution in [1.29, 1.82) is 0 Å². The molecule has 0 aromatic heterocycles. The molecule has 0 unspecified atom stereocenters. The Labute approximate surface area is 356 Å². The van der Waals surface area contributed by atoms with E-state index in [1.165, 1.54) is 99.4 Å². The van der Waals surface area contributed by atoms with E-state index < -0.39 is 5.41 Å². The minimum atomic E-state index is -0.415. The van der Waals surface area contributed by atoms with E-state index in [0.29, 0.717) is 0 Å². The van der Waals surface area contributed by atoms with E-state index in [2.05, 4.69) is 231 Å². The highest BCUT2D eigenvalue weighted by Gasteiger charge is 2.51. The standard InChI is InChI=1S/C60H41N/c1-59(2)56-36-43(26-31-51(56)52-34-41-15-5-6-16-42(41)35-57(52)59)39-23-27-44(28-24-39)61(45-29-25-38-13-3-4-14-40(38)33-45)46-30-32-50-49-19-9-12-22-55(49)60(58(50)37-46)53-20-10-7-17-47(53)48-18-8-11-21-54(48)60/h3-37H,1-2H3. The zero-order chi connectivity index (χ0) is 40.5. The number of hydrogen-bond donors (Lipinski definition) is 0.